The molecule has 3 aliphatic heterocycles. The Balaban J connectivity index is 1.43. The molecular weight excluding hydrogens is 1500 g/mol. The van der Waals surface area contributed by atoms with Crippen molar-refractivity contribution in [3.8, 4) is 57.5 Å². The molecule has 0 aromatic heterocycles. The molecule has 4 aliphatic rings. The molecule has 1 saturated carbocycles. The summed E-state index contributed by atoms with van der Waals surface area (Å²) in [4.78, 5) is -15.0. The van der Waals surface area contributed by atoms with E-state index in [4.69, 9.17) is 47.4 Å². The second-order valence-corrected chi connectivity index (χ2v) is 34.5. The summed E-state index contributed by atoms with van der Waals surface area (Å²) in [6, 6.07) is 2.26. The second-order valence-electron chi connectivity index (χ2n) is 20.5. The third-order valence-electron chi connectivity index (χ3n) is 14.2. The minimum atomic E-state index is -5.97. The van der Waals surface area contributed by atoms with Crippen molar-refractivity contribution in [3.05, 3.63) is 60.7 Å². The van der Waals surface area contributed by atoms with Gasteiger partial charge in [0.1, 0.15) is 61.1 Å². The molecule has 4 bridgehead atoms. The van der Waals surface area contributed by atoms with E-state index in [-0.39, 0.29) is 30.3 Å². The van der Waals surface area contributed by atoms with Crippen LogP contribution in [-0.4, -0.2) is 193 Å². The highest BCUT2D eigenvalue weighted by Crippen LogP contribution is 2.51. The number of benzene rings is 5. The molecule has 40 nitrogen and oxygen atoms in total. The lowest BCUT2D eigenvalue weighted by atomic mass is 9.92. The highest BCUT2D eigenvalue weighted by atomic mass is 32.3. The zero-order valence-corrected chi connectivity index (χ0v) is 54.9. The van der Waals surface area contributed by atoms with Crippen LogP contribution in [0, 0.1) is 0 Å². The average Bonchev–Trinajstić information content (AvgIpc) is 1.71. The zero-order valence-electron chi connectivity index (χ0n) is 46.7. The molecule has 8 unspecified atom stereocenters. The maximum absolute atomic E-state index is 13.4. The molecule has 0 spiro atoms. The fourth-order valence-corrected chi connectivity index (χ4v) is 16.5. The Morgan fingerprint density at radius 2 is 0.653 bits per heavy atom. The molecule has 0 radical (unpaired) electrons. The minimum absolute atomic E-state index is 0.0603. The Kier molecular flexibility index (Phi) is 18.8. The Hall–Kier alpha value is -6.80. The maximum atomic E-state index is 13.4. The van der Waals surface area contributed by atoms with Crippen LogP contribution in [0.3, 0.4) is 0 Å². The van der Waals surface area contributed by atoms with Gasteiger partial charge < -0.3 is 47.4 Å². The van der Waals surface area contributed by atoms with Gasteiger partial charge in [0.15, 0.2) is 69.7 Å². The standard InChI is InChI=1S/C45H44O40S10/c1-76-27-7-20(86(46,47)48)12-34(91(61,62)63)39(27)78-18-3-4-25(82-40-28(77-2)8-21(87(49,50)51)13-35(40)92(64,65)66)26-17-33(83-42-31(80-26)10-23(89(55,56)57)15-37(42)94(70,71)72)44-45(85-43-32(84-44)11-24(90(58,59)60)16-38(43)95(73,74)75)29-6-19(5-18)79-41-30(81-29)9-22(88(52,53)54)14-36(41)93(67,68)69/h7-16,18-19,25-26,29,33,44-45H,3-6,17H2,1-2H3,(H,46,47,48)(H,49,50,51)(H,52,53,54)(H,55,56,57)(H,58,59,60)(H,61,62,63)(H,64,65,66)(H,67,68,69)(H,70,71,72)(H,73,74,75). The first-order chi connectivity index (χ1) is 43.2. The van der Waals surface area contributed by atoms with Crippen molar-refractivity contribution in [1.82, 2.24) is 0 Å². The highest BCUT2D eigenvalue weighted by molar-refractivity contribution is 7.88. The first-order valence-corrected chi connectivity index (χ1v) is 39.7. The van der Waals surface area contributed by atoms with Crippen LogP contribution in [0.4, 0.5) is 0 Å². The molecule has 1 aliphatic carbocycles. The number of ether oxygens (including phenoxy) is 10. The summed E-state index contributed by atoms with van der Waals surface area (Å²) in [5.41, 5.74) is 0. The van der Waals surface area contributed by atoms with E-state index in [9.17, 15) is 130 Å². The lowest BCUT2D eigenvalue weighted by Gasteiger charge is -2.41. The predicted molar refractivity (Wildman–Crippen MR) is 302 cm³/mol. The van der Waals surface area contributed by atoms with Crippen LogP contribution >= 0.6 is 0 Å². The van der Waals surface area contributed by atoms with Crippen molar-refractivity contribution in [3.63, 3.8) is 0 Å². The number of hydrogen-bond donors (Lipinski definition) is 10. The molecule has 0 amide bonds. The van der Waals surface area contributed by atoms with Crippen LogP contribution in [0.2, 0.25) is 0 Å². The number of methoxy groups -OCH3 is 2. The van der Waals surface area contributed by atoms with E-state index >= 15 is 0 Å². The smallest absolute Gasteiger partial charge is 0.298 e. The molecule has 95 heavy (non-hydrogen) atoms. The van der Waals surface area contributed by atoms with E-state index in [1.54, 1.807) is 0 Å². The SMILES string of the molecule is COc1cc(S(=O)(=O)O)cc(S(=O)(=O)O)c1OC1CCC(Oc2c(OC)cc(S(=O)(=O)O)cc2S(=O)(=O)O)C2CC(Oc3c(cc(S(=O)(=O)O)cc3S(=O)(=O)O)O2)C2Oc3cc(S(=O)(=O)O)cc(S(=O)(=O)O)c3OC2C2CC(C1)Oc1c(cc(S(=O)(=O)O)cc1S(=O)(=O)O)O2. The van der Waals surface area contributed by atoms with E-state index in [1.807, 2.05) is 0 Å². The number of rotatable bonds is 16. The molecule has 1 fully saturated rings. The van der Waals surface area contributed by atoms with Gasteiger partial charge in [-0.2, -0.15) is 84.2 Å². The third kappa shape index (κ3) is 15.5. The van der Waals surface area contributed by atoms with E-state index in [0.29, 0.717) is 30.3 Å². The minimum Gasteiger partial charge on any atom is -0.493 e. The largest absolute Gasteiger partial charge is 0.493 e. The van der Waals surface area contributed by atoms with Crippen LogP contribution in [0.1, 0.15) is 32.1 Å². The van der Waals surface area contributed by atoms with Crippen molar-refractivity contribution in [2.45, 2.75) is 130 Å². The van der Waals surface area contributed by atoms with Crippen molar-refractivity contribution in [2.24, 2.45) is 0 Å². The number of hydrogen-bond acceptors (Lipinski definition) is 30. The summed E-state index contributed by atoms with van der Waals surface area (Å²) >= 11 is 0. The van der Waals surface area contributed by atoms with Crippen LogP contribution in [-0.2, 0) is 101 Å². The van der Waals surface area contributed by atoms with Crippen molar-refractivity contribution >= 4 is 101 Å². The quantitative estimate of drug-likeness (QED) is 0.0615. The normalized spacial score (nSPS) is 22.2. The van der Waals surface area contributed by atoms with Gasteiger partial charge in [-0.3, -0.25) is 45.5 Å². The lowest BCUT2D eigenvalue weighted by molar-refractivity contribution is -0.0981. The molecule has 0 saturated heterocycles. The van der Waals surface area contributed by atoms with Crippen molar-refractivity contribution in [1.29, 1.82) is 0 Å². The Morgan fingerprint density at radius 3 is 1.04 bits per heavy atom. The molecule has 524 valence electrons. The zero-order chi connectivity index (χ0) is 70.8. The summed E-state index contributed by atoms with van der Waals surface area (Å²) in [7, 11) is -56.0. The molecule has 5 aromatic carbocycles. The van der Waals surface area contributed by atoms with Gasteiger partial charge in [-0.05, 0) is 43.2 Å². The fraction of sp³-hybridized carbons (Fsp3) is 0.333. The molecule has 50 heteroatoms. The Morgan fingerprint density at radius 1 is 0.326 bits per heavy atom. The fourth-order valence-electron chi connectivity index (χ4n) is 10.2. The summed E-state index contributed by atoms with van der Waals surface area (Å²) < 4.78 is 424. The molecule has 3 heterocycles. The van der Waals surface area contributed by atoms with Crippen LogP contribution < -0.4 is 47.4 Å². The molecule has 9 rings (SSSR count). The van der Waals surface area contributed by atoms with E-state index in [0.717, 1.165) is 14.2 Å². The van der Waals surface area contributed by atoms with Crippen molar-refractivity contribution in [2.75, 3.05) is 14.2 Å². The van der Waals surface area contributed by atoms with Gasteiger partial charge >= 0.3 is 0 Å². The van der Waals surface area contributed by atoms with Crippen LogP contribution in [0.25, 0.3) is 0 Å². The first-order valence-electron chi connectivity index (χ1n) is 25.3. The van der Waals surface area contributed by atoms with Gasteiger partial charge in [0.2, 0.25) is 0 Å². The first kappa shape index (κ1) is 72.5. The molecule has 5 aromatic rings. The molecule has 10 N–H and O–H groups in total. The summed E-state index contributed by atoms with van der Waals surface area (Å²) in [6.07, 6.45) is -24.0. The topological polar surface area (TPSA) is 636 Å². The molecular formula is C45H44O40S10. The number of fused-ring (bicyclic) bond motifs is 10. The van der Waals surface area contributed by atoms with Gasteiger partial charge in [0, 0.05) is 49.6 Å². The Bertz CT molecular complexity index is 5250. The van der Waals surface area contributed by atoms with Crippen LogP contribution in [0.5, 0.6) is 57.5 Å². The maximum Gasteiger partial charge on any atom is 0.298 e. The molecule has 8 atom stereocenters. The van der Waals surface area contributed by atoms with Gasteiger partial charge in [-0.15, -0.1) is 0 Å². The van der Waals surface area contributed by atoms with E-state index in [2.05, 4.69) is 0 Å². The second kappa shape index (κ2) is 24.6. The van der Waals surface area contributed by atoms with E-state index < -0.39 is 289 Å². The lowest BCUT2D eigenvalue weighted by Crippen LogP contribution is -2.58. The van der Waals surface area contributed by atoms with E-state index in [1.165, 1.54) is 0 Å². The van der Waals surface area contributed by atoms with Gasteiger partial charge in [0.05, 0.1) is 38.7 Å². The monoisotopic (exact) mass is 1540 g/mol. The predicted octanol–water partition coefficient (Wildman–Crippen LogP) is 0.956. The average molecular weight is 1550 g/mol. The van der Waals surface area contributed by atoms with Gasteiger partial charge in [-0.1, -0.05) is 0 Å². The van der Waals surface area contributed by atoms with Crippen LogP contribution in [0.15, 0.2) is 110 Å². The van der Waals surface area contributed by atoms with Crippen molar-refractivity contribution < 1.29 is 177 Å². The summed E-state index contributed by atoms with van der Waals surface area (Å²) in [5.74, 6) is -12.0. The summed E-state index contributed by atoms with van der Waals surface area (Å²) in [6.45, 7) is 0. The van der Waals surface area contributed by atoms with Gasteiger partial charge in [-0.25, -0.2) is 0 Å². The Labute approximate surface area is 537 Å². The van der Waals surface area contributed by atoms with Gasteiger partial charge in [0.25, 0.3) is 101 Å². The summed E-state index contributed by atoms with van der Waals surface area (Å²) in [5, 5.41) is 0. The highest BCUT2D eigenvalue weighted by Gasteiger charge is 2.53. The third-order valence-corrected chi connectivity index (χ3v) is 22.7.